The SMILES string of the molecule is NC(N)=NCc1cc(F)cc(C(=O)O)c1. The van der Waals surface area contributed by atoms with Gasteiger partial charge in [0, 0.05) is 0 Å². The van der Waals surface area contributed by atoms with E-state index in [9.17, 15) is 9.18 Å². The fourth-order valence-corrected chi connectivity index (χ4v) is 1.05. The molecule has 0 unspecified atom stereocenters. The van der Waals surface area contributed by atoms with Crippen molar-refractivity contribution in [2.75, 3.05) is 0 Å². The summed E-state index contributed by atoms with van der Waals surface area (Å²) in [5.74, 6) is -1.95. The van der Waals surface area contributed by atoms with Gasteiger partial charge < -0.3 is 16.6 Å². The molecule has 5 N–H and O–H groups in total. The van der Waals surface area contributed by atoms with E-state index in [-0.39, 0.29) is 18.1 Å². The Morgan fingerprint density at radius 2 is 2.07 bits per heavy atom. The van der Waals surface area contributed by atoms with Crippen molar-refractivity contribution in [2.45, 2.75) is 6.54 Å². The number of aliphatic imine (C=N–C) groups is 1. The van der Waals surface area contributed by atoms with Crippen LogP contribution in [0.3, 0.4) is 0 Å². The van der Waals surface area contributed by atoms with Gasteiger partial charge in [-0.2, -0.15) is 0 Å². The first-order chi connectivity index (χ1) is 6.99. The summed E-state index contributed by atoms with van der Waals surface area (Å²) < 4.78 is 12.9. The Bertz CT molecular complexity index is 414. The zero-order chi connectivity index (χ0) is 11.4. The number of guanidine groups is 1. The minimum Gasteiger partial charge on any atom is -0.478 e. The van der Waals surface area contributed by atoms with Crippen molar-refractivity contribution in [3.8, 4) is 0 Å². The fraction of sp³-hybridized carbons (Fsp3) is 0.111. The van der Waals surface area contributed by atoms with Crippen molar-refractivity contribution >= 4 is 11.9 Å². The summed E-state index contributed by atoms with van der Waals surface area (Å²) in [6, 6.07) is 3.43. The topological polar surface area (TPSA) is 102 Å². The highest BCUT2D eigenvalue weighted by molar-refractivity contribution is 5.87. The number of carbonyl (C=O) groups is 1. The Kier molecular flexibility index (Phi) is 3.22. The fourth-order valence-electron chi connectivity index (χ4n) is 1.05. The summed E-state index contributed by atoms with van der Waals surface area (Å²) >= 11 is 0. The average Bonchev–Trinajstić information content (AvgIpc) is 2.13. The Hall–Kier alpha value is -2.11. The van der Waals surface area contributed by atoms with Crippen molar-refractivity contribution in [3.63, 3.8) is 0 Å². The predicted octanol–water partition coefficient (Wildman–Crippen LogP) is 0.297. The van der Waals surface area contributed by atoms with Gasteiger partial charge in [0.2, 0.25) is 0 Å². The minimum absolute atomic E-state index is 0.0559. The van der Waals surface area contributed by atoms with Crippen LogP contribution in [0.2, 0.25) is 0 Å². The van der Waals surface area contributed by atoms with E-state index in [2.05, 4.69) is 4.99 Å². The Morgan fingerprint density at radius 3 is 2.60 bits per heavy atom. The molecule has 0 amide bonds. The van der Waals surface area contributed by atoms with E-state index in [1.54, 1.807) is 0 Å². The molecule has 1 rings (SSSR count). The quantitative estimate of drug-likeness (QED) is 0.494. The summed E-state index contributed by atoms with van der Waals surface area (Å²) in [6.07, 6.45) is 0. The van der Waals surface area contributed by atoms with Crippen LogP contribution in [-0.2, 0) is 6.54 Å². The van der Waals surface area contributed by atoms with Gasteiger partial charge in [-0.1, -0.05) is 0 Å². The smallest absolute Gasteiger partial charge is 0.335 e. The van der Waals surface area contributed by atoms with Crippen LogP contribution in [0.25, 0.3) is 0 Å². The zero-order valence-corrected chi connectivity index (χ0v) is 7.77. The lowest BCUT2D eigenvalue weighted by atomic mass is 10.1. The molecule has 15 heavy (non-hydrogen) atoms. The molecule has 0 aliphatic carbocycles. The summed E-state index contributed by atoms with van der Waals surface area (Å²) in [7, 11) is 0. The highest BCUT2D eigenvalue weighted by Crippen LogP contribution is 2.10. The number of rotatable bonds is 3. The maximum atomic E-state index is 12.9. The van der Waals surface area contributed by atoms with Crippen LogP contribution in [0.4, 0.5) is 4.39 Å². The second-order valence-electron chi connectivity index (χ2n) is 2.89. The number of carboxylic acids is 1. The molecule has 0 radical (unpaired) electrons. The maximum Gasteiger partial charge on any atom is 0.335 e. The van der Waals surface area contributed by atoms with Gasteiger partial charge in [0.1, 0.15) is 5.82 Å². The van der Waals surface area contributed by atoms with Crippen LogP contribution in [0.1, 0.15) is 15.9 Å². The number of halogens is 1. The Labute approximate surface area is 85.2 Å². The number of benzene rings is 1. The highest BCUT2D eigenvalue weighted by atomic mass is 19.1. The first kappa shape index (κ1) is 11.0. The van der Waals surface area contributed by atoms with Gasteiger partial charge in [-0.05, 0) is 23.8 Å². The number of nitrogens with zero attached hydrogens (tertiary/aromatic N) is 1. The van der Waals surface area contributed by atoms with Gasteiger partial charge in [-0.25, -0.2) is 14.2 Å². The number of hydrogen-bond donors (Lipinski definition) is 3. The highest BCUT2D eigenvalue weighted by Gasteiger charge is 2.06. The van der Waals surface area contributed by atoms with E-state index in [0.717, 1.165) is 6.07 Å². The van der Waals surface area contributed by atoms with Crippen molar-refractivity contribution < 1.29 is 14.3 Å². The zero-order valence-electron chi connectivity index (χ0n) is 7.77. The molecule has 1 aromatic rings. The second kappa shape index (κ2) is 4.41. The van der Waals surface area contributed by atoms with Crippen LogP contribution < -0.4 is 11.5 Å². The molecule has 0 bridgehead atoms. The molecule has 0 fully saturated rings. The minimum atomic E-state index is -1.19. The number of nitrogens with two attached hydrogens (primary N) is 2. The average molecular weight is 211 g/mol. The molecule has 0 aliphatic rings. The van der Waals surface area contributed by atoms with Gasteiger partial charge in [0.15, 0.2) is 5.96 Å². The van der Waals surface area contributed by atoms with Crippen molar-refractivity contribution in [3.05, 3.63) is 35.1 Å². The summed E-state index contributed by atoms with van der Waals surface area (Å²) in [6.45, 7) is 0.0559. The molecular weight excluding hydrogens is 201 g/mol. The van der Waals surface area contributed by atoms with Crippen LogP contribution >= 0.6 is 0 Å². The lowest BCUT2D eigenvalue weighted by Crippen LogP contribution is -2.22. The third-order valence-electron chi connectivity index (χ3n) is 1.65. The van der Waals surface area contributed by atoms with E-state index >= 15 is 0 Å². The van der Waals surface area contributed by atoms with Gasteiger partial charge in [0.25, 0.3) is 0 Å². The third kappa shape index (κ3) is 3.26. The van der Waals surface area contributed by atoms with E-state index in [1.165, 1.54) is 12.1 Å². The molecule has 80 valence electrons. The maximum absolute atomic E-state index is 12.9. The van der Waals surface area contributed by atoms with Crippen molar-refractivity contribution in [2.24, 2.45) is 16.5 Å². The second-order valence-corrected chi connectivity index (χ2v) is 2.89. The first-order valence-corrected chi connectivity index (χ1v) is 4.07. The van der Waals surface area contributed by atoms with E-state index in [1.807, 2.05) is 0 Å². The normalized spacial score (nSPS) is 9.67. The van der Waals surface area contributed by atoms with Gasteiger partial charge in [0.05, 0.1) is 12.1 Å². The molecule has 0 spiro atoms. The lowest BCUT2D eigenvalue weighted by molar-refractivity contribution is 0.0696. The van der Waals surface area contributed by atoms with E-state index < -0.39 is 11.8 Å². The number of hydrogen-bond acceptors (Lipinski definition) is 2. The molecule has 0 aliphatic heterocycles. The third-order valence-corrected chi connectivity index (χ3v) is 1.65. The van der Waals surface area contributed by atoms with Crippen LogP contribution in [0, 0.1) is 5.82 Å². The van der Waals surface area contributed by atoms with E-state index in [4.69, 9.17) is 16.6 Å². The molecule has 1 aromatic carbocycles. The molecule has 0 saturated heterocycles. The molecule has 0 atom stereocenters. The standard InChI is InChI=1S/C9H10FN3O2/c10-7-2-5(4-13-9(11)12)1-6(3-7)8(14)15/h1-3H,4H2,(H,14,15)(H4,11,12,13). The molecule has 6 heteroatoms. The number of aromatic carboxylic acids is 1. The van der Waals surface area contributed by atoms with Crippen molar-refractivity contribution in [1.29, 1.82) is 0 Å². The van der Waals surface area contributed by atoms with Gasteiger partial charge in [-0.3, -0.25) is 0 Å². The molecule has 0 heterocycles. The largest absolute Gasteiger partial charge is 0.478 e. The van der Waals surface area contributed by atoms with Crippen LogP contribution in [0.15, 0.2) is 23.2 Å². The first-order valence-electron chi connectivity index (χ1n) is 4.07. The summed E-state index contributed by atoms with van der Waals surface area (Å²) in [4.78, 5) is 14.2. The van der Waals surface area contributed by atoms with Gasteiger partial charge >= 0.3 is 5.97 Å². The molecule has 0 aromatic heterocycles. The lowest BCUT2D eigenvalue weighted by Gasteiger charge is -2.00. The molecule has 5 nitrogen and oxygen atoms in total. The Balaban J connectivity index is 2.99. The predicted molar refractivity (Wildman–Crippen MR) is 52.9 cm³/mol. The monoisotopic (exact) mass is 211 g/mol. The number of carboxylic acid groups (broad SMARTS) is 1. The van der Waals surface area contributed by atoms with Crippen LogP contribution in [0.5, 0.6) is 0 Å². The van der Waals surface area contributed by atoms with Crippen molar-refractivity contribution in [1.82, 2.24) is 0 Å². The van der Waals surface area contributed by atoms with E-state index in [0.29, 0.717) is 5.56 Å². The van der Waals surface area contributed by atoms with Gasteiger partial charge in [-0.15, -0.1) is 0 Å². The Morgan fingerprint density at radius 1 is 1.40 bits per heavy atom. The molecular formula is C9H10FN3O2. The summed E-state index contributed by atoms with van der Waals surface area (Å²) in [5.41, 5.74) is 10.5. The van der Waals surface area contributed by atoms with Crippen LogP contribution in [-0.4, -0.2) is 17.0 Å². The summed E-state index contributed by atoms with van der Waals surface area (Å²) in [5, 5.41) is 8.66. The molecule has 0 saturated carbocycles.